The van der Waals surface area contributed by atoms with E-state index < -0.39 is 5.91 Å². The van der Waals surface area contributed by atoms with Gasteiger partial charge in [-0.1, -0.05) is 23.7 Å². The van der Waals surface area contributed by atoms with Gasteiger partial charge < -0.3 is 0 Å². The number of rotatable bonds is 4. The molecule has 0 atom stereocenters. The Kier molecular flexibility index (Phi) is 5.57. The van der Waals surface area contributed by atoms with Crippen molar-refractivity contribution >= 4 is 34.8 Å². The number of amides is 2. The molecule has 0 bridgehead atoms. The molecule has 3 aromatic rings. The molecule has 7 nitrogen and oxygen atoms in total. The van der Waals surface area contributed by atoms with Gasteiger partial charge in [-0.05, 0) is 39.0 Å². The molecule has 3 rings (SSSR count). The highest BCUT2D eigenvalue weighted by Crippen LogP contribution is 2.29. The van der Waals surface area contributed by atoms with Crippen molar-refractivity contribution in [3.63, 3.8) is 0 Å². The fraction of sp³-hybridized carbons (Fsp3) is 0.222. The van der Waals surface area contributed by atoms with Gasteiger partial charge in [0, 0.05) is 16.3 Å². The number of nitrogens with zero attached hydrogens (tertiary/aromatic N) is 3. The van der Waals surface area contributed by atoms with Gasteiger partial charge in [-0.3, -0.25) is 25.1 Å². The molecule has 140 valence electrons. The van der Waals surface area contributed by atoms with Gasteiger partial charge in [-0.25, -0.2) is 4.98 Å². The van der Waals surface area contributed by atoms with Crippen molar-refractivity contribution < 1.29 is 9.59 Å². The van der Waals surface area contributed by atoms with Gasteiger partial charge in [-0.15, -0.1) is 11.3 Å². The molecular formula is C18H18ClN5O2S. The fourth-order valence-corrected chi connectivity index (χ4v) is 3.69. The summed E-state index contributed by atoms with van der Waals surface area (Å²) in [5.74, 6) is -0.785. The molecular weight excluding hydrogens is 386 g/mol. The highest BCUT2D eigenvalue weighted by Gasteiger charge is 2.17. The van der Waals surface area contributed by atoms with Crippen LogP contribution in [0.15, 0.2) is 30.3 Å². The van der Waals surface area contributed by atoms with Gasteiger partial charge in [0.15, 0.2) is 0 Å². The Balaban J connectivity index is 1.64. The minimum absolute atomic E-state index is 0.0232. The molecule has 2 N–H and O–H groups in total. The second-order valence-corrected chi connectivity index (χ2v) is 7.47. The molecule has 2 heterocycles. The highest BCUT2D eigenvalue weighted by atomic mass is 35.5. The van der Waals surface area contributed by atoms with Crippen LogP contribution < -0.4 is 10.9 Å². The zero-order chi connectivity index (χ0) is 19.6. The summed E-state index contributed by atoms with van der Waals surface area (Å²) in [5.41, 5.74) is 7.96. The molecule has 0 aliphatic carbocycles. The third-order valence-corrected chi connectivity index (χ3v) is 5.23. The van der Waals surface area contributed by atoms with Crippen LogP contribution >= 0.6 is 22.9 Å². The van der Waals surface area contributed by atoms with Crippen molar-refractivity contribution in [1.29, 1.82) is 0 Å². The van der Waals surface area contributed by atoms with Gasteiger partial charge >= 0.3 is 0 Å². The summed E-state index contributed by atoms with van der Waals surface area (Å²) in [7, 11) is 0. The van der Waals surface area contributed by atoms with Gasteiger partial charge in [0.1, 0.15) is 16.4 Å². The summed E-state index contributed by atoms with van der Waals surface area (Å²) >= 11 is 7.25. The molecule has 0 aliphatic rings. The molecule has 0 fully saturated rings. The second kappa shape index (κ2) is 7.89. The van der Waals surface area contributed by atoms with E-state index in [4.69, 9.17) is 11.6 Å². The standard InChI is InChI=1S/C18H18ClN5O2S/c1-10-7-11(2)24(23-10)9-15(25)21-22-17(26)16-12(3)20-18(27-16)13-5-4-6-14(19)8-13/h4-8H,9H2,1-3H3,(H,21,25)(H,22,26). The lowest BCUT2D eigenvalue weighted by Gasteiger charge is -2.07. The van der Waals surface area contributed by atoms with E-state index in [2.05, 4.69) is 20.9 Å². The SMILES string of the molecule is Cc1cc(C)n(CC(=O)NNC(=O)c2sc(-c3cccc(Cl)c3)nc2C)n1. The summed E-state index contributed by atoms with van der Waals surface area (Å²) in [4.78, 5) is 29.3. The van der Waals surface area contributed by atoms with Crippen LogP contribution in [0.4, 0.5) is 0 Å². The Morgan fingerprint density at radius 1 is 1.19 bits per heavy atom. The molecule has 0 unspecified atom stereocenters. The van der Waals surface area contributed by atoms with Crippen LogP contribution in [-0.2, 0) is 11.3 Å². The highest BCUT2D eigenvalue weighted by molar-refractivity contribution is 7.17. The summed E-state index contributed by atoms with van der Waals surface area (Å²) in [5, 5.41) is 5.51. The quantitative estimate of drug-likeness (QED) is 0.655. The Morgan fingerprint density at radius 3 is 2.63 bits per heavy atom. The predicted molar refractivity (Wildman–Crippen MR) is 105 cm³/mol. The first-order valence-electron chi connectivity index (χ1n) is 8.17. The zero-order valence-electron chi connectivity index (χ0n) is 15.0. The van der Waals surface area contributed by atoms with E-state index in [1.807, 2.05) is 32.0 Å². The van der Waals surface area contributed by atoms with Gasteiger partial charge in [-0.2, -0.15) is 5.10 Å². The second-order valence-electron chi connectivity index (χ2n) is 6.03. The summed E-state index contributed by atoms with van der Waals surface area (Å²) < 4.78 is 1.58. The number of thiazole rings is 1. The number of hydrogen-bond acceptors (Lipinski definition) is 5. The molecule has 0 aliphatic heterocycles. The lowest BCUT2D eigenvalue weighted by Crippen LogP contribution is -2.43. The van der Waals surface area contributed by atoms with Crippen LogP contribution in [0.1, 0.15) is 26.8 Å². The molecule has 2 amide bonds. The Labute approximate surface area is 165 Å². The van der Waals surface area contributed by atoms with Crippen LogP contribution in [-0.4, -0.2) is 26.6 Å². The smallest absolute Gasteiger partial charge is 0.271 e. The molecule has 0 spiro atoms. The van der Waals surface area contributed by atoms with E-state index >= 15 is 0 Å². The summed E-state index contributed by atoms with van der Waals surface area (Å²) in [6.07, 6.45) is 0. The number of aryl methyl sites for hydroxylation is 3. The van der Waals surface area contributed by atoms with E-state index in [0.717, 1.165) is 17.0 Å². The Morgan fingerprint density at radius 2 is 1.96 bits per heavy atom. The monoisotopic (exact) mass is 403 g/mol. The van der Waals surface area contributed by atoms with Crippen molar-refractivity contribution in [1.82, 2.24) is 25.6 Å². The average molecular weight is 404 g/mol. The maximum absolute atomic E-state index is 12.4. The number of benzene rings is 1. The van der Waals surface area contributed by atoms with Crippen LogP contribution in [0.3, 0.4) is 0 Å². The molecule has 0 radical (unpaired) electrons. The van der Waals surface area contributed by atoms with Gasteiger partial charge in [0.25, 0.3) is 11.8 Å². The first-order valence-corrected chi connectivity index (χ1v) is 9.36. The van der Waals surface area contributed by atoms with Crippen molar-refractivity contribution in [2.45, 2.75) is 27.3 Å². The lowest BCUT2D eigenvalue weighted by molar-refractivity contribution is -0.122. The van der Waals surface area contributed by atoms with E-state index in [9.17, 15) is 9.59 Å². The minimum Gasteiger partial charge on any atom is -0.271 e. The number of halogens is 1. The lowest BCUT2D eigenvalue weighted by atomic mass is 10.2. The van der Waals surface area contributed by atoms with Crippen LogP contribution in [0, 0.1) is 20.8 Å². The van der Waals surface area contributed by atoms with Crippen molar-refractivity contribution in [2.24, 2.45) is 0 Å². The first kappa shape index (κ1) is 19.1. The van der Waals surface area contributed by atoms with Crippen LogP contribution in [0.5, 0.6) is 0 Å². The molecule has 2 aromatic heterocycles. The normalized spacial score (nSPS) is 10.7. The Hall–Kier alpha value is -2.71. The maximum atomic E-state index is 12.4. The van der Waals surface area contributed by atoms with Crippen molar-refractivity contribution in [3.05, 3.63) is 57.3 Å². The number of nitrogens with one attached hydrogen (secondary N) is 2. The summed E-state index contributed by atoms with van der Waals surface area (Å²) in [6, 6.07) is 9.15. The molecule has 9 heteroatoms. The first-order chi connectivity index (χ1) is 12.8. The largest absolute Gasteiger partial charge is 0.281 e. The van der Waals surface area contributed by atoms with Crippen LogP contribution in [0.25, 0.3) is 10.6 Å². The number of hydrogen-bond donors (Lipinski definition) is 2. The molecule has 27 heavy (non-hydrogen) atoms. The van der Waals surface area contributed by atoms with Crippen molar-refractivity contribution in [3.8, 4) is 10.6 Å². The predicted octanol–water partition coefficient (Wildman–Crippen LogP) is 3.05. The van der Waals surface area contributed by atoms with Gasteiger partial charge in [0.2, 0.25) is 0 Å². The average Bonchev–Trinajstić information content (AvgIpc) is 3.15. The third kappa shape index (κ3) is 4.53. The zero-order valence-corrected chi connectivity index (χ0v) is 16.6. The number of aromatic nitrogens is 3. The van der Waals surface area contributed by atoms with E-state index in [0.29, 0.717) is 20.6 Å². The van der Waals surface area contributed by atoms with E-state index in [1.165, 1.54) is 11.3 Å². The fourth-order valence-electron chi connectivity index (χ4n) is 2.55. The van der Waals surface area contributed by atoms with E-state index in [-0.39, 0.29) is 12.5 Å². The number of hydrazine groups is 1. The maximum Gasteiger partial charge on any atom is 0.281 e. The minimum atomic E-state index is -0.417. The van der Waals surface area contributed by atoms with Crippen LogP contribution in [0.2, 0.25) is 5.02 Å². The summed E-state index contributed by atoms with van der Waals surface area (Å²) in [6.45, 7) is 5.49. The molecule has 0 saturated carbocycles. The topological polar surface area (TPSA) is 88.9 Å². The number of carbonyl (C=O) groups is 2. The van der Waals surface area contributed by atoms with E-state index in [1.54, 1.807) is 23.7 Å². The third-order valence-electron chi connectivity index (χ3n) is 3.79. The van der Waals surface area contributed by atoms with Gasteiger partial charge in [0.05, 0.1) is 11.4 Å². The Bertz CT molecular complexity index is 1010. The van der Waals surface area contributed by atoms with Crippen molar-refractivity contribution in [2.75, 3.05) is 0 Å². The molecule has 1 aromatic carbocycles. The number of carbonyl (C=O) groups excluding carboxylic acids is 2. The molecule has 0 saturated heterocycles.